The van der Waals surface area contributed by atoms with Gasteiger partial charge in [-0.25, -0.2) is 4.79 Å². The zero-order chi connectivity index (χ0) is 19.8. The number of carbonyl (C=O) groups excluding carboxylic acids is 3. The summed E-state index contributed by atoms with van der Waals surface area (Å²) in [6.07, 6.45) is 3.80. The van der Waals surface area contributed by atoms with Crippen molar-refractivity contribution in [1.29, 1.82) is 0 Å². The number of aliphatic carboxylic acids is 1. The minimum absolute atomic E-state index is 0.0495. The molecule has 4 N–H and O–H groups in total. The van der Waals surface area contributed by atoms with E-state index in [2.05, 4.69) is 5.32 Å². The number of nitrogens with two attached hydrogens (primary N) is 1. The standard InChI is InChI=1S/C18H26N2O6S/c1-2-26-18(25)15-11-6-3-4-7-13(11)27-16(15)20-14(22)10-12(17(23)24)19-8-5-9-21/h12,19,21H,2-10H2,1H3,(H,20,22)(H,23,24)/t12-/m0/s1. The van der Waals surface area contributed by atoms with Crippen LogP contribution in [0.5, 0.6) is 0 Å². The van der Waals surface area contributed by atoms with Crippen LogP contribution in [0.3, 0.4) is 0 Å². The number of carbonyl (C=O) groups is 3. The van der Waals surface area contributed by atoms with Gasteiger partial charge in [-0.15, -0.1) is 11.3 Å². The molecule has 0 aromatic carbocycles. The Bertz CT molecular complexity index is 688. The molecule has 0 aliphatic heterocycles. The topological polar surface area (TPSA) is 132 Å². The van der Waals surface area contributed by atoms with E-state index in [1.807, 2.05) is 0 Å². The Morgan fingerprint density at radius 1 is 1.33 bits per heavy atom. The van der Waals surface area contributed by atoms with Crippen molar-refractivity contribution in [3.63, 3.8) is 0 Å². The number of quaternary nitrogens is 1. The third kappa shape index (κ3) is 5.75. The van der Waals surface area contributed by atoms with Gasteiger partial charge in [0.25, 0.3) is 0 Å². The van der Waals surface area contributed by atoms with E-state index in [1.165, 1.54) is 16.7 Å². The average molecular weight is 398 g/mol. The number of hydrogen-bond donors (Lipinski definition) is 3. The number of aliphatic hydroxyl groups excluding tert-OH is 1. The monoisotopic (exact) mass is 398 g/mol. The first-order chi connectivity index (χ1) is 13.0. The molecule has 8 nitrogen and oxygen atoms in total. The van der Waals surface area contributed by atoms with E-state index >= 15 is 0 Å². The van der Waals surface area contributed by atoms with Crippen LogP contribution in [0.4, 0.5) is 5.00 Å². The number of anilines is 1. The van der Waals surface area contributed by atoms with Crippen molar-refractivity contribution in [3.05, 3.63) is 16.0 Å². The lowest BCUT2D eigenvalue weighted by molar-refractivity contribution is -0.682. The molecule has 9 heteroatoms. The fourth-order valence-electron chi connectivity index (χ4n) is 3.12. The second kappa shape index (κ2) is 10.4. The maximum Gasteiger partial charge on any atom is 0.341 e. The van der Waals surface area contributed by atoms with Crippen LogP contribution in [0, 0.1) is 0 Å². The van der Waals surface area contributed by atoms with E-state index in [0.29, 0.717) is 23.5 Å². The smallest absolute Gasteiger partial charge is 0.341 e. The van der Waals surface area contributed by atoms with Crippen LogP contribution < -0.4 is 15.7 Å². The van der Waals surface area contributed by atoms with E-state index < -0.39 is 23.9 Å². The Morgan fingerprint density at radius 2 is 2.07 bits per heavy atom. The van der Waals surface area contributed by atoms with Crippen LogP contribution in [0.1, 0.15) is 53.4 Å². The Labute approximate surface area is 161 Å². The highest BCUT2D eigenvalue weighted by Gasteiger charge is 2.28. The summed E-state index contributed by atoms with van der Waals surface area (Å²) in [7, 11) is 0. The highest BCUT2D eigenvalue weighted by atomic mass is 32.1. The van der Waals surface area contributed by atoms with Gasteiger partial charge >= 0.3 is 5.97 Å². The SMILES string of the molecule is CCOC(=O)c1c(NC(=O)C[C@H]([NH2+]CCCO)C(=O)[O-])sc2c1CCCC2. The van der Waals surface area contributed by atoms with Crippen LogP contribution in [0.2, 0.25) is 0 Å². The summed E-state index contributed by atoms with van der Waals surface area (Å²) in [5.74, 6) is -2.29. The number of aliphatic hydroxyl groups is 1. The summed E-state index contributed by atoms with van der Waals surface area (Å²) < 4.78 is 5.14. The summed E-state index contributed by atoms with van der Waals surface area (Å²) in [6, 6.07) is -1.04. The average Bonchev–Trinajstić information content (AvgIpc) is 2.98. The summed E-state index contributed by atoms with van der Waals surface area (Å²) in [6.45, 7) is 2.29. The molecule has 0 unspecified atom stereocenters. The van der Waals surface area contributed by atoms with Crippen molar-refractivity contribution in [3.8, 4) is 0 Å². The van der Waals surface area contributed by atoms with Crippen molar-refractivity contribution < 1.29 is 34.7 Å². The Hall–Kier alpha value is -1.97. The van der Waals surface area contributed by atoms with Gasteiger partial charge in [0.15, 0.2) is 0 Å². The van der Waals surface area contributed by atoms with Crippen molar-refractivity contribution >= 4 is 34.2 Å². The number of aryl methyl sites for hydroxylation is 1. The van der Waals surface area contributed by atoms with E-state index in [0.717, 1.165) is 36.1 Å². The summed E-state index contributed by atoms with van der Waals surface area (Å²) in [4.78, 5) is 37.1. The van der Waals surface area contributed by atoms with E-state index in [-0.39, 0.29) is 19.6 Å². The van der Waals surface area contributed by atoms with Crippen molar-refractivity contribution in [2.45, 2.75) is 51.5 Å². The van der Waals surface area contributed by atoms with Gasteiger partial charge in [-0.1, -0.05) is 0 Å². The molecule has 1 amide bonds. The van der Waals surface area contributed by atoms with Crippen molar-refractivity contribution in [2.24, 2.45) is 0 Å². The number of esters is 1. The third-order valence-electron chi connectivity index (χ3n) is 4.43. The highest BCUT2D eigenvalue weighted by molar-refractivity contribution is 7.17. The minimum Gasteiger partial charge on any atom is -0.544 e. The molecule has 1 aromatic heterocycles. The molecule has 1 heterocycles. The van der Waals surface area contributed by atoms with Gasteiger partial charge in [0, 0.05) is 17.9 Å². The first-order valence-electron chi connectivity index (χ1n) is 9.24. The highest BCUT2D eigenvalue weighted by Crippen LogP contribution is 2.38. The quantitative estimate of drug-likeness (QED) is 0.349. The number of carboxylic acid groups (broad SMARTS) is 1. The number of rotatable bonds is 10. The predicted molar refractivity (Wildman–Crippen MR) is 97.5 cm³/mol. The molecule has 150 valence electrons. The molecule has 1 aromatic rings. The molecular weight excluding hydrogens is 372 g/mol. The summed E-state index contributed by atoms with van der Waals surface area (Å²) >= 11 is 1.36. The number of ether oxygens (including phenoxy) is 1. The van der Waals surface area contributed by atoms with Gasteiger partial charge in [-0.2, -0.15) is 0 Å². The molecule has 27 heavy (non-hydrogen) atoms. The molecular formula is C18H26N2O6S. The molecule has 0 radical (unpaired) electrons. The number of fused-ring (bicyclic) bond motifs is 1. The zero-order valence-corrected chi connectivity index (χ0v) is 16.2. The molecule has 1 aliphatic rings. The lowest BCUT2D eigenvalue weighted by atomic mass is 9.95. The predicted octanol–water partition coefficient (Wildman–Crippen LogP) is -0.803. The first-order valence-corrected chi connectivity index (χ1v) is 10.1. The Morgan fingerprint density at radius 3 is 2.74 bits per heavy atom. The molecule has 0 saturated carbocycles. The van der Waals surface area contributed by atoms with Gasteiger partial charge < -0.3 is 30.4 Å². The van der Waals surface area contributed by atoms with E-state index in [1.54, 1.807) is 6.92 Å². The molecule has 1 aliphatic carbocycles. The number of amides is 1. The van der Waals surface area contributed by atoms with Crippen LogP contribution in [-0.2, 0) is 27.2 Å². The maximum atomic E-state index is 12.4. The minimum atomic E-state index is -1.33. The fraction of sp³-hybridized carbons (Fsp3) is 0.611. The van der Waals surface area contributed by atoms with Gasteiger partial charge in [-0.05, 0) is 38.2 Å². The lowest BCUT2D eigenvalue weighted by Gasteiger charge is -2.16. The zero-order valence-electron chi connectivity index (χ0n) is 15.4. The lowest BCUT2D eigenvalue weighted by Crippen LogP contribution is -2.93. The second-order valence-electron chi connectivity index (χ2n) is 6.41. The van der Waals surface area contributed by atoms with Crippen molar-refractivity contribution in [2.75, 3.05) is 25.1 Å². The molecule has 0 bridgehead atoms. The largest absolute Gasteiger partial charge is 0.544 e. The number of thiophene rings is 1. The van der Waals surface area contributed by atoms with Crippen molar-refractivity contribution in [1.82, 2.24) is 0 Å². The Balaban J connectivity index is 2.13. The van der Waals surface area contributed by atoms with Crippen LogP contribution in [0.25, 0.3) is 0 Å². The fourth-order valence-corrected chi connectivity index (χ4v) is 4.42. The summed E-state index contributed by atoms with van der Waals surface area (Å²) in [5.41, 5.74) is 1.34. The first kappa shape index (κ1) is 21.3. The molecule has 2 rings (SSSR count). The van der Waals surface area contributed by atoms with Gasteiger partial charge in [0.2, 0.25) is 5.91 Å². The van der Waals surface area contributed by atoms with Crippen LogP contribution in [-0.4, -0.2) is 48.8 Å². The third-order valence-corrected chi connectivity index (χ3v) is 5.63. The molecule has 1 atom stereocenters. The van der Waals surface area contributed by atoms with Gasteiger partial charge in [-0.3, -0.25) is 4.79 Å². The summed E-state index contributed by atoms with van der Waals surface area (Å²) in [5, 5.41) is 24.6. The normalized spacial score (nSPS) is 14.3. The van der Waals surface area contributed by atoms with Gasteiger partial charge in [0.05, 0.1) is 31.1 Å². The number of nitrogens with one attached hydrogen (secondary N) is 1. The molecule has 0 fully saturated rings. The number of carboxylic acids is 1. The molecule has 0 saturated heterocycles. The van der Waals surface area contributed by atoms with E-state index in [4.69, 9.17) is 9.84 Å². The van der Waals surface area contributed by atoms with Crippen LogP contribution in [0.15, 0.2) is 0 Å². The van der Waals surface area contributed by atoms with E-state index in [9.17, 15) is 19.5 Å². The molecule has 0 spiro atoms. The Kier molecular flexibility index (Phi) is 8.21. The maximum absolute atomic E-state index is 12.4. The number of hydrogen-bond acceptors (Lipinski definition) is 7. The van der Waals surface area contributed by atoms with Gasteiger partial charge in [0.1, 0.15) is 11.0 Å². The van der Waals surface area contributed by atoms with Crippen LogP contribution >= 0.6 is 11.3 Å². The second-order valence-corrected chi connectivity index (χ2v) is 7.52.